The van der Waals surface area contributed by atoms with Gasteiger partial charge in [0.25, 0.3) is 5.91 Å². The van der Waals surface area contributed by atoms with Gasteiger partial charge in [-0.1, -0.05) is 23.5 Å². The van der Waals surface area contributed by atoms with E-state index in [2.05, 4.69) is 10.1 Å². The maximum atomic E-state index is 13.5. The minimum absolute atomic E-state index is 0.151. The van der Waals surface area contributed by atoms with Gasteiger partial charge in [0.2, 0.25) is 0 Å². The maximum absolute atomic E-state index is 13.5. The number of benzene rings is 1. The topological polar surface area (TPSA) is 73.1 Å². The lowest BCUT2D eigenvalue weighted by atomic mass is 10.2. The van der Waals surface area contributed by atoms with Crippen LogP contribution in [0, 0.1) is 13.8 Å². The molecule has 0 fully saturated rings. The standard InChI is InChI=1S/C21H21N5O2S/c1-13-7-8-16(28-4)17-19(13)29-21(24-17)26(12-15-6-5-9-22-11-15)20(27)18-14(2)10-23-25(18)3/h5-11H,12H2,1-4H3. The van der Waals surface area contributed by atoms with Gasteiger partial charge in [0.05, 0.1) is 24.6 Å². The van der Waals surface area contributed by atoms with E-state index in [0.29, 0.717) is 23.1 Å². The van der Waals surface area contributed by atoms with Crippen molar-refractivity contribution in [3.8, 4) is 5.75 Å². The van der Waals surface area contributed by atoms with Gasteiger partial charge in [-0.15, -0.1) is 0 Å². The number of nitrogens with zero attached hydrogens (tertiary/aromatic N) is 5. The van der Waals surface area contributed by atoms with Crippen LogP contribution in [0.5, 0.6) is 5.75 Å². The molecule has 0 bridgehead atoms. The van der Waals surface area contributed by atoms with E-state index in [9.17, 15) is 4.79 Å². The number of ether oxygens (including phenoxy) is 1. The van der Waals surface area contributed by atoms with Crippen LogP contribution in [0.4, 0.5) is 5.13 Å². The lowest BCUT2D eigenvalue weighted by Crippen LogP contribution is -2.32. The summed E-state index contributed by atoms with van der Waals surface area (Å²) in [6, 6.07) is 7.71. The molecule has 0 unspecified atom stereocenters. The highest BCUT2D eigenvalue weighted by Crippen LogP contribution is 2.37. The molecule has 3 heterocycles. The molecule has 0 saturated heterocycles. The second-order valence-corrected chi connectivity index (χ2v) is 7.79. The summed E-state index contributed by atoms with van der Waals surface area (Å²) in [4.78, 5) is 24.2. The van der Waals surface area contributed by atoms with E-state index < -0.39 is 0 Å². The van der Waals surface area contributed by atoms with E-state index in [0.717, 1.165) is 26.9 Å². The molecule has 3 aromatic heterocycles. The Morgan fingerprint density at radius 1 is 1.21 bits per heavy atom. The minimum Gasteiger partial charge on any atom is -0.494 e. The molecule has 148 valence electrons. The van der Waals surface area contributed by atoms with Gasteiger partial charge in [0.15, 0.2) is 5.13 Å². The van der Waals surface area contributed by atoms with Crippen LogP contribution in [0.15, 0.2) is 42.9 Å². The molecule has 1 aromatic carbocycles. The van der Waals surface area contributed by atoms with Crippen molar-refractivity contribution in [1.29, 1.82) is 0 Å². The molecule has 0 aliphatic heterocycles. The molecule has 29 heavy (non-hydrogen) atoms. The fraction of sp³-hybridized carbons (Fsp3) is 0.238. The molecule has 4 rings (SSSR count). The third-order valence-corrected chi connectivity index (χ3v) is 5.99. The minimum atomic E-state index is -0.151. The van der Waals surface area contributed by atoms with Crippen molar-refractivity contribution in [2.75, 3.05) is 12.0 Å². The number of thiazole rings is 1. The first-order valence-corrected chi connectivity index (χ1v) is 9.94. The van der Waals surface area contributed by atoms with E-state index in [1.54, 1.807) is 42.3 Å². The summed E-state index contributed by atoms with van der Waals surface area (Å²) in [5.41, 5.74) is 4.14. The first kappa shape index (κ1) is 19.1. The predicted octanol–water partition coefficient (Wildman–Crippen LogP) is 3.90. The van der Waals surface area contributed by atoms with Gasteiger partial charge in [0.1, 0.15) is 17.0 Å². The van der Waals surface area contributed by atoms with Crippen molar-refractivity contribution >= 4 is 32.6 Å². The molecule has 0 aliphatic carbocycles. The third kappa shape index (κ3) is 3.47. The molecule has 0 N–H and O–H groups in total. The molecule has 8 heteroatoms. The number of hydrogen-bond donors (Lipinski definition) is 0. The second kappa shape index (κ2) is 7.63. The number of hydrogen-bond acceptors (Lipinski definition) is 6. The molecule has 0 saturated carbocycles. The van der Waals surface area contributed by atoms with Crippen molar-refractivity contribution in [2.45, 2.75) is 20.4 Å². The molecule has 0 radical (unpaired) electrons. The highest BCUT2D eigenvalue weighted by molar-refractivity contribution is 7.22. The Morgan fingerprint density at radius 3 is 2.69 bits per heavy atom. The summed E-state index contributed by atoms with van der Waals surface area (Å²) < 4.78 is 8.09. The number of aromatic nitrogens is 4. The lowest BCUT2D eigenvalue weighted by molar-refractivity contribution is 0.0975. The van der Waals surface area contributed by atoms with Gasteiger partial charge in [-0.2, -0.15) is 5.10 Å². The van der Waals surface area contributed by atoms with Crippen LogP contribution in [0.25, 0.3) is 10.2 Å². The molecule has 7 nitrogen and oxygen atoms in total. The molecular weight excluding hydrogens is 386 g/mol. The number of amides is 1. The van der Waals surface area contributed by atoms with Crippen molar-refractivity contribution in [1.82, 2.24) is 19.7 Å². The van der Waals surface area contributed by atoms with E-state index in [1.165, 1.54) is 11.3 Å². The number of carbonyl (C=O) groups is 1. The first-order chi connectivity index (χ1) is 14.0. The normalized spacial score (nSPS) is 11.0. The van der Waals surface area contributed by atoms with Crippen LogP contribution < -0.4 is 9.64 Å². The molecule has 1 amide bonds. The Morgan fingerprint density at radius 2 is 2.03 bits per heavy atom. The van der Waals surface area contributed by atoms with Gasteiger partial charge >= 0.3 is 0 Å². The number of anilines is 1. The SMILES string of the molecule is COc1ccc(C)c2sc(N(Cc3cccnc3)C(=O)c3c(C)cnn3C)nc12. The zero-order valence-corrected chi connectivity index (χ0v) is 17.5. The number of rotatable bonds is 5. The van der Waals surface area contributed by atoms with Gasteiger partial charge in [0, 0.05) is 19.4 Å². The average Bonchev–Trinajstić information content (AvgIpc) is 3.31. The maximum Gasteiger partial charge on any atom is 0.278 e. The van der Waals surface area contributed by atoms with Crippen LogP contribution in [0.3, 0.4) is 0 Å². The summed E-state index contributed by atoms with van der Waals surface area (Å²) in [5, 5.41) is 4.84. The van der Waals surface area contributed by atoms with E-state index in [1.807, 2.05) is 38.1 Å². The third-order valence-electron chi connectivity index (χ3n) is 4.78. The fourth-order valence-corrected chi connectivity index (χ4v) is 4.31. The van der Waals surface area contributed by atoms with Crippen molar-refractivity contribution in [3.05, 3.63) is 65.2 Å². The summed E-state index contributed by atoms with van der Waals surface area (Å²) in [6.45, 7) is 4.27. The zero-order valence-electron chi connectivity index (χ0n) is 16.7. The monoisotopic (exact) mass is 407 g/mol. The second-order valence-electron chi connectivity index (χ2n) is 6.81. The molecule has 0 atom stereocenters. The predicted molar refractivity (Wildman–Crippen MR) is 114 cm³/mol. The number of aryl methyl sites for hydroxylation is 3. The Bertz CT molecular complexity index is 1160. The van der Waals surface area contributed by atoms with Crippen LogP contribution in [-0.4, -0.2) is 32.8 Å². The molecule has 4 aromatic rings. The van der Waals surface area contributed by atoms with E-state index in [4.69, 9.17) is 9.72 Å². The number of fused-ring (bicyclic) bond motifs is 1. The highest BCUT2D eigenvalue weighted by atomic mass is 32.1. The fourth-order valence-electron chi connectivity index (χ4n) is 3.26. The summed E-state index contributed by atoms with van der Waals surface area (Å²) in [5.74, 6) is 0.542. The number of carbonyl (C=O) groups excluding carboxylic acids is 1. The Labute approximate surface area is 172 Å². The quantitative estimate of drug-likeness (QED) is 0.502. The largest absolute Gasteiger partial charge is 0.494 e. The van der Waals surface area contributed by atoms with Crippen molar-refractivity contribution < 1.29 is 9.53 Å². The van der Waals surface area contributed by atoms with Crippen LogP contribution in [0.2, 0.25) is 0 Å². The highest BCUT2D eigenvalue weighted by Gasteiger charge is 2.26. The first-order valence-electron chi connectivity index (χ1n) is 9.13. The van der Waals surface area contributed by atoms with E-state index in [-0.39, 0.29) is 5.91 Å². The van der Waals surface area contributed by atoms with Crippen LogP contribution >= 0.6 is 11.3 Å². The Hall–Kier alpha value is -3.26. The smallest absolute Gasteiger partial charge is 0.278 e. The summed E-state index contributed by atoms with van der Waals surface area (Å²) >= 11 is 1.48. The number of pyridine rings is 1. The van der Waals surface area contributed by atoms with Gasteiger partial charge in [-0.25, -0.2) is 4.98 Å². The van der Waals surface area contributed by atoms with Gasteiger partial charge in [-0.05, 0) is 42.7 Å². The van der Waals surface area contributed by atoms with E-state index >= 15 is 0 Å². The van der Waals surface area contributed by atoms with Crippen molar-refractivity contribution in [3.63, 3.8) is 0 Å². The Balaban J connectivity index is 1.85. The van der Waals surface area contributed by atoms with Gasteiger partial charge < -0.3 is 4.74 Å². The molecule has 0 spiro atoms. The Kier molecular flexibility index (Phi) is 5.02. The zero-order chi connectivity index (χ0) is 20.5. The average molecular weight is 407 g/mol. The molecular formula is C21H21N5O2S. The van der Waals surface area contributed by atoms with Gasteiger partial charge in [-0.3, -0.25) is 19.4 Å². The summed E-state index contributed by atoms with van der Waals surface area (Å²) in [7, 11) is 3.40. The lowest BCUT2D eigenvalue weighted by Gasteiger charge is -2.20. The summed E-state index contributed by atoms with van der Waals surface area (Å²) in [6.07, 6.45) is 5.17. The number of methoxy groups -OCH3 is 1. The molecule has 0 aliphatic rings. The van der Waals surface area contributed by atoms with Crippen LogP contribution in [0.1, 0.15) is 27.2 Å². The van der Waals surface area contributed by atoms with Crippen molar-refractivity contribution in [2.24, 2.45) is 7.05 Å². The van der Waals surface area contributed by atoms with Crippen LogP contribution in [-0.2, 0) is 13.6 Å².